The molecule has 8 heteroatoms. The van der Waals surface area contributed by atoms with E-state index in [1.54, 1.807) is 0 Å². The lowest BCUT2D eigenvalue weighted by molar-refractivity contribution is 0.0789. The van der Waals surface area contributed by atoms with Crippen molar-refractivity contribution < 1.29 is 9.90 Å². The molecule has 0 spiro atoms. The van der Waals surface area contributed by atoms with E-state index in [0.717, 1.165) is 25.1 Å². The Balaban J connectivity index is 1.77. The standard InChI is InChI=1S/C12H15N5O2S/c18-5-2-9-1-4-16(7-9)12(19)11-10(3-6-20-11)17-8-13-14-15-17/h3,6,8-9,18H,1-2,4-5,7H2. The molecule has 0 aliphatic carbocycles. The highest BCUT2D eigenvalue weighted by atomic mass is 32.1. The van der Waals surface area contributed by atoms with E-state index in [0.29, 0.717) is 17.3 Å². The number of aromatic nitrogens is 4. The van der Waals surface area contributed by atoms with Gasteiger partial charge in [-0.25, -0.2) is 0 Å². The second kappa shape index (κ2) is 5.68. The fraction of sp³-hybridized carbons (Fsp3) is 0.500. The number of hydrogen-bond acceptors (Lipinski definition) is 6. The third-order valence-electron chi connectivity index (χ3n) is 3.54. The molecular weight excluding hydrogens is 278 g/mol. The molecule has 0 radical (unpaired) electrons. The first-order valence-electron chi connectivity index (χ1n) is 6.50. The van der Waals surface area contributed by atoms with Crippen LogP contribution >= 0.6 is 11.3 Å². The van der Waals surface area contributed by atoms with E-state index in [-0.39, 0.29) is 12.5 Å². The molecule has 3 heterocycles. The highest BCUT2D eigenvalue weighted by molar-refractivity contribution is 7.12. The topological polar surface area (TPSA) is 84.1 Å². The van der Waals surface area contributed by atoms with Gasteiger partial charge in [-0.3, -0.25) is 4.79 Å². The van der Waals surface area contributed by atoms with E-state index in [1.165, 1.54) is 22.3 Å². The second-order valence-corrected chi connectivity index (χ2v) is 5.72. The minimum absolute atomic E-state index is 0.0194. The molecule has 1 saturated heterocycles. The van der Waals surface area contributed by atoms with Gasteiger partial charge < -0.3 is 10.0 Å². The van der Waals surface area contributed by atoms with E-state index in [1.807, 2.05) is 16.3 Å². The zero-order valence-corrected chi connectivity index (χ0v) is 11.7. The van der Waals surface area contributed by atoms with Gasteiger partial charge in [0.1, 0.15) is 11.2 Å². The number of thiophene rings is 1. The van der Waals surface area contributed by atoms with Crippen LogP contribution in [0.15, 0.2) is 17.8 Å². The molecule has 20 heavy (non-hydrogen) atoms. The Kier molecular flexibility index (Phi) is 3.75. The third-order valence-corrected chi connectivity index (χ3v) is 4.44. The zero-order chi connectivity index (χ0) is 13.9. The molecule has 1 unspecified atom stereocenters. The number of nitrogens with zero attached hydrogens (tertiary/aromatic N) is 5. The van der Waals surface area contributed by atoms with Gasteiger partial charge in [0, 0.05) is 19.7 Å². The van der Waals surface area contributed by atoms with E-state index < -0.39 is 0 Å². The molecule has 106 valence electrons. The third kappa shape index (κ3) is 2.44. The van der Waals surface area contributed by atoms with Gasteiger partial charge in [0.15, 0.2) is 0 Å². The molecule has 1 aliphatic heterocycles. The largest absolute Gasteiger partial charge is 0.396 e. The van der Waals surface area contributed by atoms with Crippen molar-refractivity contribution >= 4 is 17.2 Å². The molecule has 1 atom stereocenters. The lowest BCUT2D eigenvalue weighted by atomic mass is 10.1. The summed E-state index contributed by atoms with van der Waals surface area (Å²) in [6.45, 7) is 1.64. The molecule has 1 fully saturated rings. The minimum atomic E-state index is 0.0194. The molecule has 2 aromatic rings. The van der Waals surface area contributed by atoms with Crippen LogP contribution < -0.4 is 0 Å². The number of rotatable bonds is 4. The molecule has 0 bridgehead atoms. The summed E-state index contributed by atoms with van der Waals surface area (Å²) in [7, 11) is 0. The van der Waals surface area contributed by atoms with Gasteiger partial charge in [0.05, 0.1) is 5.69 Å². The summed E-state index contributed by atoms with van der Waals surface area (Å²) >= 11 is 1.40. The highest BCUT2D eigenvalue weighted by Crippen LogP contribution is 2.26. The highest BCUT2D eigenvalue weighted by Gasteiger charge is 2.28. The van der Waals surface area contributed by atoms with Gasteiger partial charge in [0.25, 0.3) is 5.91 Å². The van der Waals surface area contributed by atoms with Crippen LogP contribution in [0.5, 0.6) is 0 Å². The molecule has 3 rings (SSSR count). The zero-order valence-electron chi connectivity index (χ0n) is 10.8. The summed E-state index contributed by atoms with van der Waals surface area (Å²) in [6.07, 6.45) is 3.20. The Labute approximate surface area is 119 Å². The summed E-state index contributed by atoms with van der Waals surface area (Å²) in [5.74, 6) is 0.423. The maximum absolute atomic E-state index is 12.6. The number of carbonyl (C=O) groups is 1. The van der Waals surface area contributed by atoms with Crippen LogP contribution in [0.1, 0.15) is 22.5 Å². The molecule has 2 aromatic heterocycles. The van der Waals surface area contributed by atoms with Gasteiger partial charge in [0.2, 0.25) is 0 Å². The van der Waals surface area contributed by atoms with Crippen molar-refractivity contribution in [3.8, 4) is 5.69 Å². The second-order valence-electron chi connectivity index (χ2n) is 4.81. The van der Waals surface area contributed by atoms with Gasteiger partial charge in [-0.1, -0.05) is 0 Å². The predicted octanol–water partition coefficient (Wildman–Crippen LogP) is 0.568. The SMILES string of the molecule is O=C(c1sccc1-n1cnnn1)N1CCC(CCO)C1. The number of hydrogen-bond donors (Lipinski definition) is 1. The van der Waals surface area contributed by atoms with Crippen molar-refractivity contribution in [3.63, 3.8) is 0 Å². The van der Waals surface area contributed by atoms with Crippen molar-refractivity contribution in [1.29, 1.82) is 0 Å². The average molecular weight is 293 g/mol. The van der Waals surface area contributed by atoms with Crippen LogP contribution in [-0.2, 0) is 0 Å². The van der Waals surface area contributed by atoms with Crippen LogP contribution in [-0.4, -0.2) is 55.8 Å². The Morgan fingerprint density at radius 1 is 1.55 bits per heavy atom. The number of tetrazole rings is 1. The fourth-order valence-electron chi connectivity index (χ4n) is 2.49. The number of likely N-dealkylation sites (tertiary alicyclic amines) is 1. The maximum atomic E-state index is 12.6. The number of aliphatic hydroxyl groups excluding tert-OH is 1. The van der Waals surface area contributed by atoms with Crippen LogP contribution in [0.3, 0.4) is 0 Å². The van der Waals surface area contributed by atoms with E-state index in [2.05, 4.69) is 15.5 Å². The average Bonchev–Trinajstić information content (AvgIpc) is 3.19. The summed E-state index contributed by atoms with van der Waals surface area (Å²) in [5.41, 5.74) is 0.718. The molecule has 0 aromatic carbocycles. The molecular formula is C12H15N5O2S. The van der Waals surface area contributed by atoms with Crippen LogP contribution in [0.4, 0.5) is 0 Å². The van der Waals surface area contributed by atoms with Crippen molar-refractivity contribution in [3.05, 3.63) is 22.7 Å². The molecule has 7 nitrogen and oxygen atoms in total. The summed E-state index contributed by atoms with van der Waals surface area (Å²) in [6, 6.07) is 1.84. The Morgan fingerprint density at radius 3 is 3.20 bits per heavy atom. The van der Waals surface area contributed by atoms with Crippen LogP contribution in [0.2, 0.25) is 0 Å². The fourth-order valence-corrected chi connectivity index (χ4v) is 3.34. The quantitative estimate of drug-likeness (QED) is 0.891. The van der Waals surface area contributed by atoms with E-state index in [9.17, 15) is 4.79 Å². The van der Waals surface area contributed by atoms with E-state index in [4.69, 9.17) is 5.11 Å². The van der Waals surface area contributed by atoms with Gasteiger partial charge >= 0.3 is 0 Å². The Bertz CT molecular complexity index is 582. The first-order valence-corrected chi connectivity index (χ1v) is 7.38. The number of aliphatic hydroxyl groups is 1. The lowest BCUT2D eigenvalue weighted by Crippen LogP contribution is -2.29. The molecule has 1 aliphatic rings. The monoisotopic (exact) mass is 293 g/mol. The summed E-state index contributed by atoms with van der Waals surface area (Å²) in [5, 5.41) is 21.9. The summed E-state index contributed by atoms with van der Waals surface area (Å²) in [4.78, 5) is 15.1. The van der Waals surface area contributed by atoms with Crippen molar-refractivity contribution in [1.82, 2.24) is 25.1 Å². The van der Waals surface area contributed by atoms with Crippen LogP contribution in [0.25, 0.3) is 5.69 Å². The van der Waals surface area contributed by atoms with Gasteiger partial charge in [-0.2, -0.15) is 4.68 Å². The van der Waals surface area contributed by atoms with Gasteiger partial charge in [-0.15, -0.1) is 16.4 Å². The minimum Gasteiger partial charge on any atom is -0.396 e. The first-order chi connectivity index (χ1) is 9.79. The molecule has 1 amide bonds. The Hall–Kier alpha value is -1.80. The predicted molar refractivity (Wildman–Crippen MR) is 72.7 cm³/mol. The first kappa shape index (κ1) is 13.2. The van der Waals surface area contributed by atoms with E-state index >= 15 is 0 Å². The normalized spacial score (nSPS) is 18.6. The van der Waals surface area contributed by atoms with Crippen molar-refractivity contribution in [2.24, 2.45) is 5.92 Å². The molecule has 0 saturated carbocycles. The molecule has 1 N–H and O–H groups in total. The maximum Gasteiger partial charge on any atom is 0.266 e. The van der Waals surface area contributed by atoms with Crippen LogP contribution in [0, 0.1) is 5.92 Å². The number of amides is 1. The van der Waals surface area contributed by atoms with Crippen molar-refractivity contribution in [2.75, 3.05) is 19.7 Å². The summed E-state index contributed by atoms with van der Waals surface area (Å²) < 4.78 is 1.50. The number of carbonyl (C=O) groups excluding carboxylic acids is 1. The smallest absolute Gasteiger partial charge is 0.266 e. The van der Waals surface area contributed by atoms with Crippen molar-refractivity contribution in [2.45, 2.75) is 12.8 Å². The van der Waals surface area contributed by atoms with Gasteiger partial charge in [-0.05, 0) is 40.6 Å². The Morgan fingerprint density at radius 2 is 2.45 bits per heavy atom. The lowest BCUT2D eigenvalue weighted by Gasteiger charge is -2.16.